The standard InChI is InChI=1S/C35H39NO/c1-9-14-15-16-20-25(6)28(11-3)24-31-27(8)37-35(13-5)32(31)23-26(7)36-33(19-10-2)29(12-4)30-21-17-18-22-34(30)36/h9-10,12-13,15-24H,1,4-5,11,14H2,2-3,6-8H3/b16-15-,19-10-,25-20+,26-23+,28-24+. The van der Waals surface area contributed by atoms with Crippen LogP contribution >= 0.6 is 0 Å². The van der Waals surface area contributed by atoms with Crippen molar-refractivity contribution >= 4 is 47.0 Å². The zero-order valence-corrected chi connectivity index (χ0v) is 23.0. The van der Waals surface area contributed by atoms with E-state index in [0.717, 1.165) is 58.0 Å². The van der Waals surface area contributed by atoms with Crippen LogP contribution in [0.15, 0.2) is 89.9 Å². The van der Waals surface area contributed by atoms with Crippen LogP contribution in [0.25, 0.3) is 47.0 Å². The molecule has 0 spiro atoms. The molecule has 0 N–H and O–H groups in total. The molecule has 0 aliphatic rings. The summed E-state index contributed by atoms with van der Waals surface area (Å²) < 4.78 is 8.47. The topological polar surface area (TPSA) is 18.1 Å². The number of benzene rings is 1. The number of aryl methyl sites for hydroxylation is 1. The highest BCUT2D eigenvalue weighted by molar-refractivity contribution is 5.97. The Balaban J connectivity index is 2.23. The Labute approximate surface area is 222 Å². The average Bonchev–Trinajstić information content (AvgIpc) is 3.38. The monoisotopic (exact) mass is 489 g/mol. The Morgan fingerprint density at radius 3 is 2.41 bits per heavy atom. The van der Waals surface area contributed by atoms with Gasteiger partial charge in [0.25, 0.3) is 0 Å². The number of nitrogens with zero attached hydrogens (tertiary/aromatic N) is 1. The van der Waals surface area contributed by atoms with Crippen LogP contribution in [0.3, 0.4) is 0 Å². The van der Waals surface area contributed by atoms with Crippen molar-refractivity contribution in [3.05, 3.63) is 119 Å². The first-order chi connectivity index (χ1) is 17.9. The van der Waals surface area contributed by atoms with Crippen molar-refractivity contribution in [2.24, 2.45) is 0 Å². The summed E-state index contributed by atoms with van der Waals surface area (Å²) in [6.07, 6.45) is 22.5. The lowest BCUT2D eigenvalue weighted by Gasteiger charge is -2.11. The Bertz CT molecular complexity index is 1460. The fraction of sp³-hybridized carbons (Fsp3) is 0.200. The molecule has 2 nitrogen and oxygen atoms in total. The van der Waals surface area contributed by atoms with Crippen LogP contribution in [-0.2, 0) is 0 Å². The molecule has 0 radical (unpaired) electrons. The molecule has 0 saturated carbocycles. The van der Waals surface area contributed by atoms with Crippen molar-refractivity contribution in [3.63, 3.8) is 0 Å². The summed E-state index contributed by atoms with van der Waals surface area (Å²) in [6, 6.07) is 8.47. The fourth-order valence-corrected chi connectivity index (χ4v) is 4.72. The number of rotatable bonds is 11. The van der Waals surface area contributed by atoms with Crippen LogP contribution in [0, 0.1) is 6.92 Å². The van der Waals surface area contributed by atoms with Gasteiger partial charge in [-0.2, -0.15) is 0 Å². The average molecular weight is 490 g/mol. The van der Waals surface area contributed by atoms with Gasteiger partial charge in [-0.15, -0.1) is 6.58 Å². The van der Waals surface area contributed by atoms with Crippen LogP contribution in [-0.4, -0.2) is 4.57 Å². The van der Waals surface area contributed by atoms with Crippen molar-refractivity contribution in [1.29, 1.82) is 0 Å². The summed E-state index contributed by atoms with van der Waals surface area (Å²) in [5.74, 6) is 1.66. The van der Waals surface area contributed by atoms with Crippen LogP contribution in [0.2, 0.25) is 0 Å². The zero-order chi connectivity index (χ0) is 26.9. The number of furan rings is 1. The maximum Gasteiger partial charge on any atom is 0.134 e. The predicted molar refractivity (Wildman–Crippen MR) is 166 cm³/mol. The van der Waals surface area contributed by atoms with E-state index in [0.29, 0.717) is 0 Å². The number of allylic oxidation sites excluding steroid dienone is 8. The summed E-state index contributed by atoms with van der Waals surface area (Å²) in [4.78, 5) is 0. The number of fused-ring (bicyclic) bond motifs is 1. The van der Waals surface area contributed by atoms with Crippen molar-refractivity contribution in [2.45, 2.75) is 47.5 Å². The van der Waals surface area contributed by atoms with Gasteiger partial charge in [-0.3, -0.25) is 0 Å². The van der Waals surface area contributed by atoms with Crippen LogP contribution < -0.4 is 0 Å². The predicted octanol–water partition coefficient (Wildman–Crippen LogP) is 10.8. The van der Waals surface area contributed by atoms with Crippen molar-refractivity contribution in [2.75, 3.05) is 0 Å². The van der Waals surface area contributed by atoms with Gasteiger partial charge in [0.2, 0.25) is 0 Å². The minimum atomic E-state index is 0.777. The van der Waals surface area contributed by atoms with Crippen molar-refractivity contribution in [1.82, 2.24) is 4.57 Å². The molecular weight excluding hydrogens is 450 g/mol. The van der Waals surface area contributed by atoms with Crippen molar-refractivity contribution in [3.8, 4) is 0 Å². The minimum Gasteiger partial charge on any atom is -0.461 e. The number of hydrogen-bond donors (Lipinski definition) is 0. The molecule has 0 aliphatic heterocycles. The van der Waals surface area contributed by atoms with Crippen LogP contribution in [0.5, 0.6) is 0 Å². The van der Waals surface area contributed by atoms with Crippen LogP contribution in [0.4, 0.5) is 0 Å². The molecule has 3 rings (SSSR count). The minimum absolute atomic E-state index is 0.777. The molecule has 0 aliphatic carbocycles. The molecule has 3 aromatic rings. The largest absolute Gasteiger partial charge is 0.461 e. The zero-order valence-electron chi connectivity index (χ0n) is 23.0. The Hall–Kier alpha value is -4.04. The van der Waals surface area contributed by atoms with Gasteiger partial charge in [0.1, 0.15) is 11.5 Å². The molecule has 0 unspecified atom stereocenters. The SMILES string of the molecule is C=CC\C=C/C=C(C)/C(=C/c1c(C)oc(C=C)c1/C=C(\C)n1c(/C=C\C)c(C=C)c2ccccc21)CC. The molecule has 1 aromatic carbocycles. The molecule has 2 heterocycles. The van der Waals surface area contributed by atoms with Gasteiger partial charge in [-0.25, -0.2) is 0 Å². The molecule has 0 saturated heterocycles. The van der Waals surface area contributed by atoms with Gasteiger partial charge in [0, 0.05) is 27.8 Å². The van der Waals surface area contributed by atoms with Gasteiger partial charge in [0.15, 0.2) is 0 Å². The summed E-state index contributed by atoms with van der Waals surface area (Å²) in [7, 11) is 0. The van der Waals surface area contributed by atoms with E-state index in [2.05, 4.69) is 112 Å². The fourth-order valence-electron chi connectivity index (χ4n) is 4.72. The van der Waals surface area contributed by atoms with Gasteiger partial charge < -0.3 is 8.98 Å². The third kappa shape index (κ3) is 5.86. The van der Waals surface area contributed by atoms with Crippen molar-refractivity contribution < 1.29 is 4.42 Å². The van der Waals surface area contributed by atoms with Crippen LogP contribution in [0.1, 0.15) is 74.4 Å². The maximum atomic E-state index is 6.17. The summed E-state index contributed by atoms with van der Waals surface area (Å²) in [5, 5.41) is 1.18. The van der Waals surface area contributed by atoms with Gasteiger partial charge in [-0.1, -0.05) is 74.7 Å². The molecule has 0 amide bonds. The quantitative estimate of drug-likeness (QED) is 0.193. The Morgan fingerprint density at radius 2 is 1.76 bits per heavy atom. The Morgan fingerprint density at radius 1 is 1.00 bits per heavy atom. The molecule has 2 heteroatoms. The lowest BCUT2D eigenvalue weighted by Crippen LogP contribution is -1.97. The highest BCUT2D eigenvalue weighted by Gasteiger charge is 2.17. The van der Waals surface area contributed by atoms with E-state index in [9.17, 15) is 0 Å². The lowest BCUT2D eigenvalue weighted by atomic mass is 9.98. The van der Waals surface area contributed by atoms with Gasteiger partial charge >= 0.3 is 0 Å². The molecule has 190 valence electrons. The number of para-hydroxylation sites is 1. The number of aromatic nitrogens is 1. The van der Waals surface area contributed by atoms with Gasteiger partial charge in [0.05, 0.1) is 11.2 Å². The van der Waals surface area contributed by atoms with E-state index in [-0.39, 0.29) is 0 Å². The van der Waals surface area contributed by atoms with E-state index in [4.69, 9.17) is 4.42 Å². The summed E-state index contributed by atoms with van der Waals surface area (Å²) >= 11 is 0. The maximum absolute atomic E-state index is 6.17. The third-order valence-corrected chi connectivity index (χ3v) is 6.56. The number of hydrogen-bond acceptors (Lipinski definition) is 1. The van der Waals surface area contributed by atoms with E-state index in [1.807, 2.05) is 26.0 Å². The smallest absolute Gasteiger partial charge is 0.134 e. The third-order valence-electron chi connectivity index (χ3n) is 6.56. The van der Waals surface area contributed by atoms with E-state index in [1.54, 1.807) is 6.08 Å². The second-order valence-corrected chi connectivity index (χ2v) is 9.02. The lowest BCUT2D eigenvalue weighted by molar-refractivity contribution is 0.524. The summed E-state index contributed by atoms with van der Waals surface area (Å²) in [5.41, 5.74) is 9.11. The highest BCUT2D eigenvalue weighted by atomic mass is 16.3. The normalized spacial score (nSPS) is 13.3. The molecular formula is C35H39NO. The molecule has 0 fully saturated rings. The summed E-state index contributed by atoms with van der Waals surface area (Å²) in [6.45, 7) is 22.5. The molecule has 2 aromatic heterocycles. The first-order valence-corrected chi connectivity index (χ1v) is 12.9. The van der Waals surface area contributed by atoms with E-state index >= 15 is 0 Å². The van der Waals surface area contributed by atoms with E-state index < -0.39 is 0 Å². The molecule has 37 heavy (non-hydrogen) atoms. The second kappa shape index (κ2) is 12.8. The first kappa shape index (κ1) is 27.5. The Kier molecular flexibility index (Phi) is 9.51. The first-order valence-electron chi connectivity index (χ1n) is 12.9. The second-order valence-electron chi connectivity index (χ2n) is 9.02. The van der Waals surface area contributed by atoms with E-state index in [1.165, 1.54) is 16.5 Å². The molecule has 0 bridgehead atoms. The molecule has 0 atom stereocenters. The van der Waals surface area contributed by atoms with Gasteiger partial charge in [-0.05, 0) is 82.1 Å². The highest BCUT2D eigenvalue weighted by Crippen LogP contribution is 2.34.